The Morgan fingerprint density at radius 2 is 1.28 bits per heavy atom. The normalized spacial score (nSPS) is 21.2. The number of hydrogen-bond acceptors (Lipinski definition) is 8. The fourth-order valence-corrected chi connectivity index (χ4v) is 6.20. The van der Waals surface area contributed by atoms with Crippen LogP contribution in [0.1, 0.15) is 156 Å². The lowest BCUT2D eigenvalue weighted by Crippen LogP contribution is -2.25. The van der Waals surface area contributed by atoms with Gasteiger partial charge in [0.05, 0.1) is 18.3 Å². The van der Waals surface area contributed by atoms with Gasteiger partial charge >= 0.3 is 11.9 Å². The van der Waals surface area contributed by atoms with E-state index in [1.807, 2.05) is 18.2 Å². The van der Waals surface area contributed by atoms with E-state index in [0.717, 1.165) is 44.4 Å². The molecular formula is C39H70O8. The van der Waals surface area contributed by atoms with Crippen LogP contribution in [-0.4, -0.2) is 70.0 Å². The van der Waals surface area contributed by atoms with E-state index in [1.165, 1.54) is 51.4 Å². The average molecular weight is 667 g/mol. The van der Waals surface area contributed by atoms with Crippen molar-refractivity contribution in [2.45, 2.75) is 180 Å². The third-order valence-corrected chi connectivity index (χ3v) is 9.19. The molecule has 0 saturated heterocycles. The summed E-state index contributed by atoms with van der Waals surface area (Å²) in [6.45, 7) is 6.31. The predicted octanol–water partition coefficient (Wildman–Crippen LogP) is 7.74. The van der Waals surface area contributed by atoms with Crippen molar-refractivity contribution in [2.24, 2.45) is 17.8 Å². The van der Waals surface area contributed by atoms with Crippen molar-refractivity contribution in [3.63, 3.8) is 0 Å². The molecule has 274 valence electrons. The summed E-state index contributed by atoms with van der Waals surface area (Å²) in [7, 11) is 0. The zero-order chi connectivity index (χ0) is 34.7. The second kappa shape index (κ2) is 28.1. The van der Waals surface area contributed by atoms with Gasteiger partial charge in [0.15, 0.2) is 0 Å². The van der Waals surface area contributed by atoms with Gasteiger partial charge in [0.1, 0.15) is 19.3 Å². The van der Waals surface area contributed by atoms with Gasteiger partial charge < -0.3 is 29.9 Å². The number of carbonyl (C=O) groups excluding carboxylic acids is 2. The van der Waals surface area contributed by atoms with Gasteiger partial charge in [-0.1, -0.05) is 129 Å². The third-order valence-electron chi connectivity index (χ3n) is 9.19. The van der Waals surface area contributed by atoms with Crippen LogP contribution < -0.4 is 0 Å². The number of aliphatic hydroxyl groups is 4. The van der Waals surface area contributed by atoms with E-state index in [2.05, 4.69) is 20.8 Å². The molecule has 0 heterocycles. The maximum atomic E-state index is 12.1. The van der Waals surface area contributed by atoms with Crippen molar-refractivity contribution in [3.05, 3.63) is 24.3 Å². The zero-order valence-corrected chi connectivity index (χ0v) is 30.0. The van der Waals surface area contributed by atoms with Crippen LogP contribution in [0.15, 0.2) is 24.3 Å². The number of carbonyl (C=O) groups is 2. The first kappa shape index (κ1) is 43.3. The van der Waals surface area contributed by atoms with Gasteiger partial charge in [-0.25, -0.2) is 0 Å². The molecule has 1 saturated carbocycles. The molecule has 0 radical (unpaired) electrons. The fraction of sp³-hybridized carbons (Fsp3) is 0.846. The van der Waals surface area contributed by atoms with Crippen LogP contribution in [0.5, 0.6) is 0 Å². The van der Waals surface area contributed by atoms with E-state index in [4.69, 9.17) is 9.47 Å². The number of unbranched alkanes of at least 4 members (excludes halogenated alkanes) is 12. The first-order chi connectivity index (χ1) is 22.6. The summed E-state index contributed by atoms with van der Waals surface area (Å²) in [5.41, 5.74) is 0. The minimum Gasteiger partial charge on any atom is -0.463 e. The minimum atomic E-state index is -1.04. The van der Waals surface area contributed by atoms with E-state index in [1.54, 1.807) is 6.08 Å². The molecule has 0 aromatic carbocycles. The largest absolute Gasteiger partial charge is 0.463 e. The zero-order valence-electron chi connectivity index (χ0n) is 30.0. The number of allylic oxidation sites excluding steroid dienone is 2. The van der Waals surface area contributed by atoms with Gasteiger partial charge in [-0.15, -0.1) is 0 Å². The standard InChI is InChI=1S/C39H70O8/c1-4-5-16-22-32(40)26-27-35-34(36(42)28-37(35)43)23-18-14-15-20-25-39(45)47-30-33(41)29-46-38(44)24-19-13-11-9-7-6-8-10-12-17-21-31(2)3/h14,18,26-27,31-37,40-43H,4-13,15-17,19-25,28-30H2,1-3H3/b18-14+,27-26+/t32-,33+,34+,35+,36-,37+/m0/s1. The topological polar surface area (TPSA) is 134 Å². The van der Waals surface area contributed by atoms with Gasteiger partial charge in [-0.2, -0.15) is 0 Å². The molecule has 0 amide bonds. The molecule has 1 aliphatic carbocycles. The second-order valence-corrected chi connectivity index (χ2v) is 14.1. The van der Waals surface area contributed by atoms with Crippen LogP contribution in [0.3, 0.4) is 0 Å². The number of aliphatic hydroxyl groups excluding tert-OH is 4. The lowest BCUT2D eigenvalue weighted by Gasteiger charge is -2.19. The van der Waals surface area contributed by atoms with Crippen LogP contribution in [-0.2, 0) is 19.1 Å². The summed E-state index contributed by atoms with van der Waals surface area (Å²) in [5, 5.41) is 41.1. The number of rotatable bonds is 29. The van der Waals surface area contributed by atoms with Gasteiger partial charge in [-0.05, 0) is 43.9 Å². The molecule has 0 aromatic rings. The molecule has 8 heteroatoms. The van der Waals surface area contributed by atoms with Crippen LogP contribution in [0.2, 0.25) is 0 Å². The highest BCUT2D eigenvalue weighted by Gasteiger charge is 2.39. The van der Waals surface area contributed by atoms with Crippen molar-refractivity contribution in [3.8, 4) is 0 Å². The van der Waals surface area contributed by atoms with E-state index in [9.17, 15) is 30.0 Å². The SMILES string of the molecule is CCCCC[C@H](O)/C=C/[C@@H]1[C@@H](C/C=C/CCCC(=O)OC[C@H](O)COC(=O)CCCCCCCCCCCCC(C)C)[C@@H](O)C[C@H]1O. The Balaban J connectivity index is 2.07. The lowest BCUT2D eigenvalue weighted by molar-refractivity contribution is -0.152. The smallest absolute Gasteiger partial charge is 0.305 e. The van der Waals surface area contributed by atoms with Crippen molar-refractivity contribution in [1.29, 1.82) is 0 Å². The minimum absolute atomic E-state index is 0.116. The molecule has 0 aromatic heterocycles. The number of hydrogen-bond donors (Lipinski definition) is 4. The highest BCUT2D eigenvalue weighted by molar-refractivity contribution is 5.69. The Morgan fingerprint density at radius 3 is 1.87 bits per heavy atom. The number of esters is 2. The average Bonchev–Trinajstić information content (AvgIpc) is 3.30. The first-order valence-corrected chi connectivity index (χ1v) is 19.0. The first-order valence-electron chi connectivity index (χ1n) is 19.0. The number of ether oxygens (including phenoxy) is 2. The highest BCUT2D eigenvalue weighted by Crippen LogP contribution is 2.36. The Morgan fingerprint density at radius 1 is 0.723 bits per heavy atom. The molecular weight excluding hydrogens is 596 g/mol. The fourth-order valence-electron chi connectivity index (χ4n) is 6.20. The Hall–Kier alpha value is -1.74. The lowest BCUT2D eigenvalue weighted by atomic mass is 9.89. The molecule has 8 nitrogen and oxygen atoms in total. The molecule has 6 atom stereocenters. The van der Waals surface area contributed by atoms with Crippen LogP contribution in [0, 0.1) is 17.8 Å². The summed E-state index contributed by atoms with van der Waals surface area (Å²) >= 11 is 0. The quantitative estimate of drug-likeness (QED) is 0.0362. The van der Waals surface area contributed by atoms with Crippen molar-refractivity contribution >= 4 is 11.9 Å². The summed E-state index contributed by atoms with van der Waals surface area (Å²) in [5.74, 6) is -0.242. The van der Waals surface area contributed by atoms with Gasteiger partial charge in [0.25, 0.3) is 0 Å². The molecule has 1 rings (SSSR count). The molecule has 1 fully saturated rings. The molecule has 47 heavy (non-hydrogen) atoms. The predicted molar refractivity (Wildman–Crippen MR) is 189 cm³/mol. The van der Waals surface area contributed by atoms with Crippen molar-refractivity contribution in [1.82, 2.24) is 0 Å². The molecule has 0 spiro atoms. The molecule has 0 bridgehead atoms. The third kappa shape index (κ3) is 23.3. The Bertz CT molecular complexity index is 841. The molecule has 1 aliphatic rings. The van der Waals surface area contributed by atoms with Crippen molar-refractivity contribution in [2.75, 3.05) is 13.2 Å². The molecule has 4 N–H and O–H groups in total. The van der Waals surface area contributed by atoms with Gasteiger partial charge in [0, 0.05) is 25.2 Å². The molecule has 0 unspecified atom stereocenters. The highest BCUT2D eigenvalue weighted by atomic mass is 16.6. The van der Waals surface area contributed by atoms with Gasteiger partial charge in [-0.3, -0.25) is 9.59 Å². The maximum Gasteiger partial charge on any atom is 0.305 e. The van der Waals surface area contributed by atoms with Gasteiger partial charge in [0.2, 0.25) is 0 Å². The summed E-state index contributed by atoms with van der Waals surface area (Å²) in [4.78, 5) is 24.0. The van der Waals surface area contributed by atoms with Crippen molar-refractivity contribution < 1.29 is 39.5 Å². The second-order valence-electron chi connectivity index (χ2n) is 14.1. The summed E-state index contributed by atoms with van der Waals surface area (Å²) in [6.07, 6.45) is 24.8. The maximum absolute atomic E-state index is 12.1. The van der Waals surface area contributed by atoms with Crippen LogP contribution >= 0.6 is 0 Å². The van der Waals surface area contributed by atoms with E-state index in [-0.39, 0.29) is 37.4 Å². The molecule has 0 aliphatic heterocycles. The van der Waals surface area contributed by atoms with Crippen LogP contribution in [0.4, 0.5) is 0 Å². The summed E-state index contributed by atoms with van der Waals surface area (Å²) < 4.78 is 10.3. The van der Waals surface area contributed by atoms with E-state index < -0.39 is 30.4 Å². The van der Waals surface area contributed by atoms with Crippen LogP contribution in [0.25, 0.3) is 0 Å². The van der Waals surface area contributed by atoms with E-state index >= 15 is 0 Å². The van der Waals surface area contributed by atoms with E-state index in [0.29, 0.717) is 38.5 Å². The monoisotopic (exact) mass is 667 g/mol. The Labute approximate surface area is 286 Å². The summed E-state index contributed by atoms with van der Waals surface area (Å²) in [6, 6.07) is 0. The Kier molecular flexibility index (Phi) is 25.9.